The number of amides is 2. The van der Waals surface area contributed by atoms with Crippen molar-refractivity contribution in [1.82, 2.24) is 4.98 Å². The number of thioether (sulfide) groups is 1. The molecule has 2 amide bonds. The van der Waals surface area contributed by atoms with Crippen LogP contribution in [0.15, 0.2) is 65.8 Å². The number of nitrogens with one attached hydrogen (secondary N) is 2. The molecule has 0 bridgehead atoms. The molecule has 0 radical (unpaired) electrons. The lowest BCUT2D eigenvalue weighted by Crippen LogP contribution is -2.15. The van der Waals surface area contributed by atoms with Crippen LogP contribution in [0.5, 0.6) is 11.5 Å². The zero-order valence-electron chi connectivity index (χ0n) is 14.4. The van der Waals surface area contributed by atoms with E-state index in [1.165, 1.54) is 11.8 Å². The smallest absolute Gasteiger partial charge is 0.259 e. The van der Waals surface area contributed by atoms with Gasteiger partial charge in [-0.2, -0.15) is 0 Å². The van der Waals surface area contributed by atoms with E-state index < -0.39 is 0 Å². The topological polar surface area (TPSA) is 80.3 Å². The zero-order valence-corrected chi connectivity index (χ0v) is 15.2. The monoisotopic (exact) mass is 377 g/mol. The molecule has 0 unspecified atom stereocenters. The van der Waals surface area contributed by atoms with E-state index in [0.717, 1.165) is 0 Å². The molecule has 1 aliphatic heterocycles. The minimum atomic E-state index is -0.294. The molecule has 2 N–H and O–H groups in total. The van der Waals surface area contributed by atoms with Crippen LogP contribution in [0.25, 0.3) is 0 Å². The third-order valence-electron chi connectivity index (χ3n) is 4.05. The lowest BCUT2D eigenvalue weighted by molar-refractivity contribution is 0.101. The number of benzene rings is 2. The number of ether oxygens (including phenoxy) is 1. The van der Waals surface area contributed by atoms with E-state index in [1.807, 2.05) is 18.4 Å². The van der Waals surface area contributed by atoms with Crippen molar-refractivity contribution in [3.05, 3.63) is 71.9 Å². The van der Waals surface area contributed by atoms with Gasteiger partial charge in [0, 0.05) is 11.9 Å². The van der Waals surface area contributed by atoms with E-state index in [4.69, 9.17) is 4.74 Å². The third-order valence-corrected chi connectivity index (χ3v) is 4.76. The molecule has 3 aromatic rings. The molecule has 6 nitrogen and oxygen atoms in total. The standard InChI is InChI=1S/C20H15N3O3S/c1-27-20-13(5-4-10-21-20)18(24)22-12-8-9-16-14(11-12)19(25)23-15-6-2-3-7-17(15)26-16/h2-11H,1H3,(H,22,24)(H,23,25). The number of pyridine rings is 1. The number of fused-ring (bicyclic) bond motifs is 2. The van der Waals surface area contributed by atoms with Crippen molar-refractivity contribution in [2.24, 2.45) is 0 Å². The molecule has 0 saturated heterocycles. The molecule has 0 spiro atoms. The minimum absolute atomic E-state index is 0.286. The van der Waals surface area contributed by atoms with Gasteiger partial charge in [-0.3, -0.25) is 9.59 Å². The van der Waals surface area contributed by atoms with Crippen molar-refractivity contribution in [1.29, 1.82) is 0 Å². The zero-order chi connectivity index (χ0) is 18.8. The van der Waals surface area contributed by atoms with E-state index in [1.54, 1.807) is 48.7 Å². The number of anilines is 2. The number of rotatable bonds is 3. The number of para-hydroxylation sites is 2. The normalized spacial score (nSPS) is 12.1. The Morgan fingerprint density at radius 2 is 1.96 bits per heavy atom. The molecule has 1 aromatic heterocycles. The maximum Gasteiger partial charge on any atom is 0.259 e. The molecule has 0 fully saturated rings. The quantitative estimate of drug-likeness (QED) is 0.661. The van der Waals surface area contributed by atoms with Crippen molar-refractivity contribution >= 4 is 35.0 Å². The Kier molecular flexibility index (Phi) is 4.52. The molecule has 27 heavy (non-hydrogen) atoms. The molecule has 1 aliphatic rings. The van der Waals surface area contributed by atoms with Gasteiger partial charge < -0.3 is 15.4 Å². The molecular formula is C20H15N3O3S. The van der Waals surface area contributed by atoms with E-state index in [2.05, 4.69) is 15.6 Å². The molecule has 2 heterocycles. The van der Waals surface area contributed by atoms with Crippen LogP contribution in [0, 0.1) is 0 Å². The average molecular weight is 377 g/mol. The first kappa shape index (κ1) is 17.1. The summed E-state index contributed by atoms with van der Waals surface area (Å²) >= 11 is 1.40. The Bertz CT molecular complexity index is 1050. The fraction of sp³-hybridized carbons (Fsp3) is 0.0500. The van der Waals surface area contributed by atoms with Gasteiger partial charge in [-0.1, -0.05) is 12.1 Å². The van der Waals surface area contributed by atoms with Crippen LogP contribution in [-0.4, -0.2) is 23.1 Å². The van der Waals surface area contributed by atoms with Crippen LogP contribution in [0.3, 0.4) is 0 Å². The number of aromatic nitrogens is 1. The second-order valence-corrected chi connectivity index (χ2v) is 6.57. The van der Waals surface area contributed by atoms with Crippen molar-refractivity contribution in [2.45, 2.75) is 5.03 Å². The molecular weight excluding hydrogens is 362 g/mol. The fourth-order valence-electron chi connectivity index (χ4n) is 2.77. The van der Waals surface area contributed by atoms with Crippen molar-refractivity contribution in [3.63, 3.8) is 0 Å². The number of carbonyl (C=O) groups excluding carboxylic acids is 2. The molecule has 0 atom stereocenters. The van der Waals surface area contributed by atoms with Gasteiger partial charge in [0.05, 0.1) is 16.8 Å². The Balaban J connectivity index is 1.63. The second kappa shape index (κ2) is 7.13. The van der Waals surface area contributed by atoms with E-state index in [-0.39, 0.29) is 11.8 Å². The highest BCUT2D eigenvalue weighted by Crippen LogP contribution is 2.36. The van der Waals surface area contributed by atoms with Gasteiger partial charge in [0.2, 0.25) is 0 Å². The maximum absolute atomic E-state index is 12.6. The van der Waals surface area contributed by atoms with Gasteiger partial charge in [0.1, 0.15) is 10.8 Å². The highest BCUT2D eigenvalue weighted by atomic mass is 32.2. The van der Waals surface area contributed by atoms with E-state index in [9.17, 15) is 9.59 Å². The van der Waals surface area contributed by atoms with Crippen molar-refractivity contribution in [3.8, 4) is 11.5 Å². The second-order valence-electron chi connectivity index (χ2n) is 5.78. The van der Waals surface area contributed by atoms with Crippen LogP contribution in [0.4, 0.5) is 11.4 Å². The summed E-state index contributed by atoms with van der Waals surface area (Å²) in [4.78, 5) is 29.3. The minimum Gasteiger partial charge on any atom is -0.454 e. The Morgan fingerprint density at radius 1 is 1.11 bits per heavy atom. The predicted octanol–water partition coefficient (Wildman–Crippen LogP) is 4.41. The summed E-state index contributed by atoms with van der Waals surface area (Å²) < 4.78 is 5.84. The van der Waals surface area contributed by atoms with Gasteiger partial charge in [0.15, 0.2) is 5.75 Å². The van der Waals surface area contributed by atoms with Gasteiger partial charge in [-0.05, 0) is 48.7 Å². The van der Waals surface area contributed by atoms with Gasteiger partial charge in [0.25, 0.3) is 11.8 Å². The first-order valence-corrected chi connectivity index (χ1v) is 9.41. The molecule has 2 aromatic carbocycles. The lowest BCUT2D eigenvalue weighted by atomic mass is 10.1. The maximum atomic E-state index is 12.6. The van der Waals surface area contributed by atoms with Crippen LogP contribution in [0.1, 0.15) is 20.7 Å². The number of hydrogen-bond acceptors (Lipinski definition) is 5. The molecule has 7 heteroatoms. The fourth-order valence-corrected chi connectivity index (χ4v) is 3.31. The van der Waals surface area contributed by atoms with Crippen LogP contribution >= 0.6 is 11.8 Å². The first-order valence-electron chi connectivity index (χ1n) is 8.18. The van der Waals surface area contributed by atoms with Crippen molar-refractivity contribution < 1.29 is 14.3 Å². The van der Waals surface area contributed by atoms with E-state index >= 15 is 0 Å². The Labute approximate surface area is 160 Å². The Hall–Kier alpha value is -3.32. The lowest BCUT2D eigenvalue weighted by Gasteiger charge is -2.11. The number of hydrogen-bond donors (Lipinski definition) is 2. The highest BCUT2D eigenvalue weighted by molar-refractivity contribution is 7.98. The van der Waals surface area contributed by atoms with E-state index in [0.29, 0.717) is 39.0 Å². The van der Waals surface area contributed by atoms with Crippen LogP contribution in [-0.2, 0) is 0 Å². The molecule has 4 rings (SSSR count). The summed E-state index contributed by atoms with van der Waals surface area (Å²) in [6.07, 6.45) is 3.51. The van der Waals surface area contributed by atoms with Gasteiger partial charge in [-0.15, -0.1) is 11.8 Å². The average Bonchev–Trinajstić information content (AvgIpc) is 2.83. The Morgan fingerprint density at radius 3 is 2.81 bits per heavy atom. The predicted molar refractivity (Wildman–Crippen MR) is 105 cm³/mol. The van der Waals surface area contributed by atoms with Gasteiger partial charge in [-0.25, -0.2) is 4.98 Å². The molecule has 0 saturated carbocycles. The summed E-state index contributed by atoms with van der Waals surface area (Å²) in [5.74, 6) is 0.422. The molecule has 134 valence electrons. The summed E-state index contributed by atoms with van der Waals surface area (Å²) in [6.45, 7) is 0. The summed E-state index contributed by atoms with van der Waals surface area (Å²) in [6, 6.07) is 15.6. The first-order chi connectivity index (χ1) is 13.2. The van der Waals surface area contributed by atoms with Crippen LogP contribution < -0.4 is 15.4 Å². The third kappa shape index (κ3) is 3.37. The van der Waals surface area contributed by atoms with Crippen LogP contribution in [0.2, 0.25) is 0 Å². The highest BCUT2D eigenvalue weighted by Gasteiger charge is 2.21. The molecule has 0 aliphatic carbocycles. The van der Waals surface area contributed by atoms with Gasteiger partial charge >= 0.3 is 0 Å². The summed E-state index contributed by atoms with van der Waals surface area (Å²) in [5, 5.41) is 6.28. The van der Waals surface area contributed by atoms with Crippen molar-refractivity contribution in [2.75, 3.05) is 16.9 Å². The SMILES string of the molecule is CSc1ncccc1C(=O)Nc1ccc2c(c1)C(=O)Nc1ccccc1O2. The summed E-state index contributed by atoms with van der Waals surface area (Å²) in [7, 11) is 0. The number of carbonyl (C=O) groups is 2. The number of nitrogens with zero attached hydrogens (tertiary/aromatic N) is 1. The summed E-state index contributed by atoms with van der Waals surface area (Å²) in [5.41, 5.74) is 1.93. The largest absolute Gasteiger partial charge is 0.454 e.